The van der Waals surface area contributed by atoms with Crippen molar-refractivity contribution in [2.24, 2.45) is 5.92 Å². The summed E-state index contributed by atoms with van der Waals surface area (Å²) in [6.07, 6.45) is 3.46. The Labute approximate surface area is 216 Å². The number of aryl methyl sites for hydroxylation is 1. The lowest BCUT2D eigenvalue weighted by Crippen LogP contribution is -2.46. The van der Waals surface area contributed by atoms with E-state index in [-0.39, 0.29) is 0 Å². The van der Waals surface area contributed by atoms with E-state index >= 15 is 0 Å². The average molecular weight is 495 g/mol. The predicted molar refractivity (Wildman–Crippen MR) is 146 cm³/mol. The summed E-state index contributed by atoms with van der Waals surface area (Å²) in [6.45, 7) is 22.6. The number of nitrogens with zero attached hydrogens (tertiary/aromatic N) is 2. The molecule has 204 valence electrons. The van der Waals surface area contributed by atoms with Crippen molar-refractivity contribution in [2.75, 3.05) is 85.6 Å². The summed E-state index contributed by atoms with van der Waals surface area (Å²) in [7, 11) is 0. The number of benzene rings is 1. The third-order valence-electron chi connectivity index (χ3n) is 6.04. The molecule has 35 heavy (non-hydrogen) atoms. The highest BCUT2D eigenvalue weighted by molar-refractivity contribution is 5.22. The van der Waals surface area contributed by atoms with Crippen LogP contribution < -0.4 is 0 Å². The van der Waals surface area contributed by atoms with Crippen LogP contribution >= 0.6 is 0 Å². The maximum absolute atomic E-state index is 5.74. The summed E-state index contributed by atoms with van der Waals surface area (Å²) in [6, 6.07) is 9.06. The van der Waals surface area contributed by atoms with E-state index < -0.39 is 0 Å². The van der Waals surface area contributed by atoms with Gasteiger partial charge in [-0.25, -0.2) is 0 Å². The lowest BCUT2D eigenvalue weighted by Gasteiger charge is -2.34. The van der Waals surface area contributed by atoms with Crippen LogP contribution in [0.25, 0.3) is 0 Å². The lowest BCUT2D eigenvalue weighted by atomic mass is 10.1. The van der Waals surface area contributed by atoms with Crippen LogP contribution in [0.15, 0.2) is 24.3 Å². The van der Waals surface area contributed by atoms with Gasteiger partial charge in [-0.15, -0.1) is 0 Å². The van der Waals surface area contributed by atoms with E-state index in [4.69, 9.17) is 18.9 Å². The molecule has 0 bridgehead atoms. The minimum absolute atomic E-state index is 0.611. The summed E-state index contributed by atoms with van der Waals surface area (Å²) >= 11 is 0. The van der Waals surface area contributed by atoms with Gasteiger partial charge in [-0.2, -0.15) is 0 Å². The molecule has 6 nitrogen and oxygen atoms in total. The summed E-state index contributed by atoms with van der Waals surface area (Å²) in [5.41, 5.74) is 2.83. The maximum atomic E-state index is 5.74. The van der Waals surface area contributed by atoms with Gasteiger partial charge >= 0.3 is 0 Å². The second kappa shape index (κ2) is 22.2. The van der Waals surface area contributed by atoms with Gasteiger partial charge in [-0.1, -0.05) is 58.9 Å². The topological polar surface area (TPSA) is 43.4 Å². The SMILES string of the molecule is CC.CCc1ccc(CN2CCN(CCOCCOCCOCCOCCCC(C)C)CC2)cc1. The Balaban J connectivity index is 0.00000298. The fraction of sp³-hybridized carbons (Fsp3) is 0.793. The van der Waals surface area contributed by atoms with E-state index in [0.29, 0.717) is 39.6 Å². The lowest BCUT2D eigenvalue weighted by molar-refractivity contribution is -0.00564. The van der Waals surface area contributed by atoms with Crippen LogP contribution in [-0.2, 0) is 31.9 Å². The largest absolute Gasteiger partial charge is 0.379 e. The molecule has 0 unspecified atom stereocenters. The van der Waals surface area contributed by atoms with Crippen molar-refractivity contribution < 1.29 is 18.9 Å². The minimum atomic E-state index is 0.611. The second-order valence-electron chi connectivity index (χ2n) is 9.27. The van der Waals surface area contributed by atoms with E-state index in [2.05, 4.69) is 54.8 Å². The van der Waals surface area contributed by atoms with E-state index in [1.165, 1.54) is 17.5 Å². The molecule has 1 aliphatic heterocycles. The maximum Gasteiger partial charge on any atom is 0.0701 e. The van der Waals surface area contributed by atoms with Crippen LogP contribution in [0, 0.1) is 5.92 Å². The molecule has 0 aromatic heterocycles. The number of hydrogen-bond acceptors (Lipinski definition) is 6. The van der Waals surface area contributed by atoms with Gasteiger partial charge in [0, 0.05) is 45.9 Å². The average Bonchev–Trinajstić information content (AvgIpc) is 2.89. The highest BCUT2D eigenvalue weighted by Gasteiger charge is 2.16. The first-order valence-corrected chi connectivity index (χ1v) is 14.0. The fourth-order valence-electron chi connectivity index (χ4n) is 3.86. The van der Waals surface area contributed by atoms with Crippen LogP contribution in [0.5, 0.6) is 0 Å². The molecular weight excluding hydrogens is 440 g/mol. The summed E-state index contributed by atoms with van der Waals surface area (Å²) < 4.78 is 22.4. The van der Waals surface area contributed by atoms with Crippen molar-refractivity contribution in [3.05, 3.63) is 35.4 Å². The first-order chi connectivity index (χ1) is 17.2. The van der Waals surface area contributed by atoms with Gasteiger partial charge in [0.1, 0.15) is 0 Å². The molecule has 2 rings (SSSR count). The zero-order chi connectivity index (χ0) is 25.6. The molecule has 0 radical (unpaired) electrons. The van der Waals surface area contributed by atoms with Gasteiger partial charge in [-0.05, 0) is 36.3 Å². The Morgan fingerprint density at radius 1 is 0.657 bits per heavy atom. The molecule has 0 atom stereocenters. The first kappa shape index (κ1) is 32.0. The summed E-state index contributed by atoms with van der Waals surface area (Å²) in [4.78, 5) is 5.05. The van der Waals surface area contributed by atoms with Crippen molar-refractivity contribution in [1.29, 1.82) is 0 Å². The molecule has 1 aromatic rings. The van der Waals surface area contributed by atoms with Gasteiger partial charge in [0.2, 0.25) is 0 Å². The van der Waals surface area contributed by atoms with Crippen LogP contribution in [0.1, 0.15) is 58.6 Å². The zero-order valence-corrected chi connectivity index (χ0v) is 23.4. The van der Waals surface area contributed by atoms with Crippen molar-refractivity contribution in [3.63, 3.8) is 0 Å². The predicted octanol–water partition coefficient (Wildman–Crippen LogP) is 4.90. The fourth-order valence-corrected chi connectivity index (χ4v) is 3.86. The molecule has 0 aliphatic carbocycles. The van der Waals surface area contributed by atoms with E-state index in [1.807, 2.05) is 13.8 Å². The Hall–Kier alpha value is -1.02. The molecule has 1 aliphatic rings. The van der Waals surface area contributed by atoms with E-state index in [9.17, 15) is 0 Å². The van der Waals surface area contributed by atoms with E-state index in [0.717, 1.165) is 71.2 Å². The molecule has 0 amide bonds. The number of piperazine rings is 1. The highest BCUT2D eigenvalue weighted by atomic mass is 16.6. The van der Waals surface area contributed by atoms with Gasteiger partial charge in [0.15, 0.2) is 0 Å². The monoisotopic (exact) mass is 494 g/mol. The first-order valence-electron chi connectivity index (χ1n) is 14.0. The molecule has 0 N–H and O–H groups in total. The Morgan fingerprint density at radius 2 is 1.11 bits per heavy atom. The summed E-state index contributed by atoms with van der Waals surface area (Å²) in [5, 5.41) is 0. The van der Waals surface area contributed by atoms with Crippen molar-refractivity contribution in [2.45, 2.75) is 60.4 Å². The Kier molecular flexibility index (Phi) is 20.3. The Bertz CT molecular complexity index is 575. The van der Waals surface area contributed by atoms with Gasteiger partial charge in [-0.3, -0.25) is 9.80 Å². The van der Waals surface area contributed by atoms with Crippen molar-refractivity contribution in [3.8, 4) is 0 Å². The highest BCUT2D eigenvalue weighted by Crippen LogP contribution is 2.10. The van der Waals surface area contributed by atoms with Crippen LogP contribution in [0.3, 0.4) is 0 Å². The van der Waals surface area contributed by atoms with Crippen molar-refractivity contribution >= 4 is 0 Å². The molecule has 1 saturated heterocycles. The quantitative estimate of drug-likeness (QED) is 0.255. The molecule has 6 heteroatoms. The van der Waals surface area contributed by atoms with Crippen molar-refractivity contribution in [1.82, 2.24) is 9.80 Å². The number of hydrogen-bond donors (Lipinski definition) is 0. The smallest absolute Gasteiger partial charge is 0.0701 e. The molecule has 0 saturated carbocycles. The molecule has 1 fully saturated rings. The third kappa shape index (κ3) is 17.1. The normalized spacial score (nSPS) is 14.8. The van der Waals surface area contributed by atoms with Crippen LogP contribution in [0.2, 0.25) is 0 Å². The number of rotatable bonds is 19. The Morgan fingerprint density at radius 3 is 1.63 bits per heavy atom. The van der Waals surface area contributed by atoms with Gasteiger partial charge < -0.3 is 18.9 Å². The van der Waals surface area contributed by atoms with Gasteiger partial charge in [0.05, 0.1) is 46.2 Å². The minimum Gasteiger partial charge on any atom is -0.379 e. The molecule has 1 aromatic carbocycles. The van der Waals surface area contributed by atoms with E-state index in [1.54, 1.807) is 0 Å². The third-order valence-corrected chi connectivity index (χ3v) is 6.04. The summed E-state index contributed by atoms with van der Waals surface area (Å²) in [5.74, 6) is 0.751. The number of ether oxygens (including phenoxy) is 4. The van der Waals surface area contributed by atoms with Crippen LogP contribution in [-0.4, -0.2) is 95.4 Å². The van der Waals surface area contributed by atoms with Crippen LogP contribution in [0.4, 0.5) is 0 Å². The molecule has 0 spiro atoms. The second-order valence-corrected chi connectivity index (χ2v) is 9.27. The standard InChI is InChI=1S/C27H48N2O4.C2H6/c1-4-26-7-9-27(10-8-26)24-29-13-11-28(12-14-29)15-17-31-19-21-33-23-22-32-20-18-30-16-5-6-25(2)3;1-2/h7-10,25H,4-6,11-24H2,1-3H3;1-2H3. The zero-order valence-electron chi connectivity index (χ0n) is 23.4. The molecule has 1 heterocycles. The van der Waals surface area contributed by atoms with Gasteiger partial charge in [0.25, 0.3) is 0 Å². The molecular formula is C29H54N2O4.